The lowest BCUT2D eigenvalue weighted by molar-refractivity contribution is 0.588. The lowest BCUT2D eigenvalue weighted by Gasteiger charge is -2.09. The fourth-order valence-electron chi connectivity index (χ4n) is 2.34. The molecule has 0 radical (unpaired) electrons. The molecule has 10 heteroatoms. The summed E-state index contributed by atoms with van der Waals surface area (Å²) >= 11 is 3.45. The Labute approximate surface area is 165 Å². The Kier molecular flexibility index (Phi) is 5.68. The van der Waals surface area contributed by atoms with Gasteiger partial charge in [-0.1, -0.05) is 22.0 Å². The highest BCUT2D eigenvalue weighted by Gasteiger charge is 2.12. The van der Waals surface area contributed by atoms with Gasteiger partial charge >= 0.3 is 0 Å². The van der Waals surface area contributed by atoms with Gasteiger partial charge in [0.05, 0.1) is 4.90 Å². The minimum atomic E-state index is -3.53. The van der Waals surface area contributed by atoms with Crippen LogP contribution < -0.4 is 15.4 Å². The van der Waals surface area contributed by atoms with Crippen molar-refractivity contribution in [2.45, 2.75) is 11.8 Å². The molecule has 27 heavy (non-hydrogen) atoms. The molecule has 3 aromatic rings. The number of hydrogen-bond donors (Lipinski definition) is 3. The molecule has 0 saturated carbocycles. The molecule has 140 valence electrons. The topological polar surface area (TPSA) is 109 Å². The minimum Gasteiger partial charge on any atom is -0.324 e. The fraction of sp³-hybridized carbons (Fsp3) is 0.118. The quantitative estimate of drug-likeness (QED) is 0.530. The molecule has 3 N–H and O–H groups in total. The first-order chi connectivity index (χ1) is 12.9. The van der Waals surface area contributed by atoms with E-state index in [1.54, 1.807) is 12.1 Å². The van der Waals surface area contributed by atoms with E-state index in [1.807, 2.05) is 25.1 Å². The first-order valence-electron chi connectivity index (χ1n) is 7.89. The van der Waals surface area contributed by atoms with Crippen molar-refractivity contribution >= 4 is 49.2 Å². The molecule has 0 saturated heterocycles. The Hall–Kier alpha value is -2.56. The highest BCUT2D eigenvalue weighted by atomic mass is 79.9. The first kappa shape index (κ1) is 19.2. The van der Waals surface area contributed by atoms with Gasteiger partial charge in [0.1, 0.15) is 6.33 Å². The van der Waals surface area contributed by atoms with E-state index in [1.165, 1.54) is 25.5 Å². The van der Waals surface area contributed by atoms with Gasteiger partial charge in [0, 0.05) is 15.8 Å². The maximum absolute atomic E-state index is 11.9. The summed E-state index contributed by atoms with van der Waals surface area (Å²) < 4.78 is 27.1. The van der Waals surface area contributed by atoms with Crippen molar-refractivity contribution in [3.05, 3.63) is 58.8 Å². The molecule has 0 aliphatic heterocycles. The van der Waals surface area contributed by atoms with Crippen LogP contribution in [0.3, 0.4) is 0 Å². The number of benzene rings is 2. The monoisotopic (exact) mass is 448 g/mol. The minimum absolute atomic E-state index is 0.145. The Balaban J connectivity index is 1.81. The van der Waals surface area contributed by atoms with Crippen LogP contribution in [0.2, 0.25) is 0 Å². The molecule has 1 aromatic heterocycles. The Morgan fingerprint density at radius 3 is 2.33 bits per heavy atom. The highest BCUT2D eigenvalue weighted by molar-refractivity contribution is 9.10. The van der Waals surface area contributed by atoms with Crippen LogP contribution in [0, 0.1) is 6.92 Å². The molecule has 1 heterocycles. The molecule has 0 bridgehead atoms. The van der Waals surface area contributed by atoms with E-state index in [4.69, 9.17) is 0 Å². The van der Waals surface area contributed by atoms with Crippen molar-refractivity contribution in [3.63, 3.8) is 0 Å². The molecule has 8 nitrogen and oxygen atoms in total. The van der Waals surface area contributed by atoms with Gasteiger partial charge in [-0.3, -0.25) is 0 Å². The molecule has 0 amide bonds. The number of sulfonamides is 1. The SMILES string of the molecule is CNS(=O)(=O)c1cccc(Nc2ncnc(Nc3cc(C)cc(Br)c3)n2)c1. The summed E-state index contributed by atoms with van der Waals surface area (Å²) in [6.07, 6.45) is 1.37. The number of nitrogens with one attached hydrogen (secondary N) is 3. The van der Waals surface area contributed by atoms with Crippen molar-refractivity contribution in [1.29, 1.82) is 0 Å². The molecule has 3 rings (SSSR count). The Bertz CT molecular complexity index is 1050. The normalized spacial score (nSPS) is 11.2. The number of aryl methyl sites for hydroxylation is 1. The van der Waals surface area contributed by atoms with E-state index in [9.17, 15) is 8.42 Å². The predicted octanol–water partition coefficient (Wildman–Crippen LogP) is 3.34. The third kappa shape index (κ3) is 5.00. The lowest BCUT2D eigenvalue weighted by Crippen LogP contribution is -2.18. The number of rotatable bonds is 6. The smallest absolute Gasteiger partial charge is 0.240 e. The highest BCUT2D eigenvalue weighted by Crippen LogP contribution is 2.22. The summed E-state index contributed by atoms with van der Waals surface area (Å²) in [5, 5.41) is 6.10. The zero-order chi connectivity index (χ0) is 19.4. The van der Waals surface area contributed by atoms with Crippen molar-refractivity contribution < 1.29 is 8.42 Å². The van der Waals surface area contributed by atoms with Gasteiger partial charge in [-0.05, 0) is 55.9 Å². The van der Waals surface area contributed by atoms with Crippen molar-refractivity contribution in [3.8, 4) is 0 Å². The second-order valence-corrected chi connectivity index (χ2v) is 8.44. The molecule has 0 aliphatic carbocycles. The summed E-state index contributed by atoms with van der Waals surface area (Å²) in [6, 6.07) is 12.2. The van der Waals surface area contributed by atoms with Crippen LogP contribution in [0.15, 0.2) is 58.2 Å². The van der Waals surface area contributed by atoms with Crippen LogP contribution in [0.4, 0.5) is 23.3 Å². The number of anilines is 4. The maximum atomic E-state index is 11.9. The van der Waals surface area contributed by atoms with Gasteiger partial charge in [-0.25, -0.2) is 23.1 Å². The van der Waals surface area contributed by atoms with E-state index in [0.717, 1.165) is 15.7 Å². The van der Waals surface area contributed by atoms with E-state index < -0.39 is 10.0 Å². The van der Waals surface area contributed by atoms with Gasteiger partial charge < -0.3 is 10.6 Å². The van der Waals surface area contributed by atoms with Crippen LogP contribution in [-0.2, 0) is 10.0 Å². The zero-order valence-corrected chi connectivity index (χ0v) is 17.0. The largest absolute Gasteiger partial charge is 0.324 e. The summed E-state index contributed by atoms with van der Waals surface area (Å²) in [6.45, 7) is 1.99. The second kappa shape index (κ2) is 7.99. The van der Waals surface area contributed by atoms with E-state index in [0.29, 0.717) is 17.6 Å². The molecular weight excluding hydrogens is 432 g/mol. The average Bonchev–Trinajstić information content (AvgIpc) is 2.61. The van der Waals surface area contributed by atoms with E-state index >= 15 is 0 Å². The van der Waals surface area contributed by atoms with Gasteiger partial charge in [0.2, 0.25) is 21.9 Å². The van der Waals surface area contributed by atoms with Crippen LogP contribution in [-0.4, -0.2) is 30.4 Å². The Morgan fingerprint density at radius 2 is 1.67 bits per heavy atom. The molecule has 0 unspecified atom stereocenters. The van der Waals surface area contributed by atoms with E-state index in [-0.39, 0.29) is 4.90 Å². The molecular formula is C17H17BrN6O2S. The lowest BCUT2D eigenvalue weighted by atomic mass is 10.2. The standard InChI is InChI=1S/C17H17BrN6O2S/c1-11-6-12(18)8-14(7-11)23-17-21-10-20-16(24-17)22-13-4-3-5-15(9-13)27(25,26)19-2/h3-10,19H,1-2H3,(H2,20,21,22,23,24). The summed E-state index contributed by atoms with van der Waals surface area (Å²) in [4.78, 5) is 12.6. The average molecular weight is 449 g/mol. The second-order valence-electron chi connectivity index (χ2n) is 5.64. The van der Waals surface area contributed by atoms with Crippen LogP contribution in [0.5, 0.6) is 0 Å². The molecule has 0 fully saturated rings. The summed E-state index contributed by atoms with van der Waals surface area (Å²) in [5.41, 5.74) is 2.46. The first-order valence-corrected chi connectivity index (χ1v) is 10.2. The number of aromatic nitrogens is 3. The number of hydrogen-bond acceptors (Lipinski definition) is 7. The zero-order valence-electron chi connectivity index (χ0n) is 14.6. The van der Waals surface area contributed by atoms with Gasteiger partial charge in [-0.2, -0.15) is 4.98 Å². The van der Waals surface area contributed by atoms with Crippen LogP contribution in [0.1, 0.15) is 5.56 Å². The summed E-state index contributed by atoms with van der Waals surface area (Å²) in [7, 11) is -2.17. The van der Waals surface area contributed by atoms with Crippen LogP contribution in [0.25, 0.3) is 0 Å². The van der Waals surface area contributed by atoms with Crippen molar-refractivity contribution in [2.75, 3.05) is 17.7 Å². The predicted molar refractivity (Wildman–Crippen MR) is 108 cm³/mol. The van der Waals surface area contributed by atoms with Crippen molar-refractivity contribution in [1.82, 2.24) is 19.7 Å². The van der Waals surface area contributed by atoms with Gasteiger partial charge in [0.25, 0.3) is 0 Å². The Morgan fingerprint density at radius 1 is 0.963 bits per heavy atom. The molecule has 0 aliphatic rings. The molecule has 2 aromatic carbocycles. The summed E-state index contributed by atoms with van der Waals surface area (Å²) in [5.74, 6) is 0.655. The fourth-order valence-corrected chi connectivity index (χ4v) is 3.73. The van der Waals surface area contributed by atoms with Gasteiger partial charge in [0.15, 0.2) is 0 Å². The third-order valence-electron chi connectivity index (χ3n) is 3.54. The van der Waals surface area contributed by atoms with E-state index in [2.05, 4.69) is 46.2 Å². The molecule has 0 spiro atoms. The number of halogens is 1. The third-order valence-corrected chi connectivity index (χ3v) is 5.41. The van der Waals surface area contributed by atoms with Crippen molar-refractivity contribution in [2.24, 2.45) is 0 Å². The van der Waals surface area contributed by atoms with Crippen LogP contribution >= 0.6 is 15.9 Å². The molecule has 0 atom stereocenters. The van der Waals surface area contributed by atoms with Gasteiger partial charge in [-0.15, -0.1) is 0 Å². The maximum Gasteiger partial charge on any atom is 0.240 e. The number of nitrogens with zero attached hydrogens (tertiary/aromatic N) is 3.